The fourth-order valence-corrected chi connectivity index (χ4v) is 4.84. The van der Waals surface area contributed by atoms with Gasteiger partial charge in [-0.1, -0.05) is 12.1 Å². The van der Waals surface area contributed by atoms with Gasteiger partial charge in [0.25, 0.3) is 0 Å². The minimum Gasteiger partial charge on any atom is -0.468 e. The first-order valence-electron chi connectivity index (χ1n) is 12.2. The number of carbonyl (C=O) groups excluding carboxylic acids is 2. The fourth-order valence-electron chi connectivity index (χ4n) is 4.84. The summed E-state index contributed by atoms with van der Waals surface area (Å²) in [5, 5.41) is 3.07. The Bertz CT molecular complexity index is 1100. The second-order valence-electron chi connectivity index (χ2n) is 8.93. The number of aryl methyl sites for hydroxylation is 1. The van der Waals surface area contributed by atoms with Crippen LogP contribution in [0.5, 0.6) is 6.01 Å². The normalized spacial score (nSPS) is 16.2. The molecule has 0 unspecified atom stereocenters. The Kier molecular flexibility index (Phi) is 8.55. The van der Waals surface area contributed by atoms with E-state index in [4.69, 9.17) is 14.3 Å². The van der Waals surface area contributed by atoms with Crippen LogP contribution in [0.4, 0.5) is 17.3 Å². The van der Waals surface area contributed by atoms with E-state index in [-0.39, 0.29) is 18.5 Å². The van der Waals surface area contributed by atoms with Crippen molar-refractivity contribution < 1.29 is 23.9 Å². The third kappa shape index (κ3) is 5.85. The van der Waals surface area contributed by atoms with Crippen LogP contribution >= 0.6 is 0 Å². The molecule has 0 fully saturated rings. The number of nitrogens with one attached hydrogen (secondary N) is 2. The summed E-state index contributed by atoms with van der Waals surface area (Å²) in [6, 6.07) is 4.52. The summed E-state index contributed by atoms with van der Waals surface area (Å²) >= 11 is 0. The van der Waals surface area contributed by atoms with Gasteiger partial charge in [0.05, 0.1) is 33.9 Å². The molecule has 2 N–H and O–H groups in total. The summed E-state index contributed by atoms with van der Waals surface area (Å²) in [7, 11) is 4.64. The van der Waals surface area contributed by atoms with Crippen LogP contribution in [-0.4, -0.2) is 68.2 Å². The molecule has 2 aromatic rings. The van der Waals surface area contributed by atoms with Crippen LogP contribution < -0.4 is 20.4 Å². The van der Waals surface area contributed by atoms with E-state index in [1.54, 1.807) is 7.05 Å². The number of rotatable bonds is 6. The largest absolute Gasteiger partial charge is 0.468 e. The Morgan fingerprint density at radius 1 is 1.14 bits per heavy atom. The standard InChI is InChI=1S/C25H34N6O5/c1-26-22-23(29-35-3)27-25-28-24(22)31(16-32)13-17-11-18(7-5-4-6-10-36-25)20-8-9-30(14-19(20)12-17)15-21(33)34-2/h11-12,16,26H,4-10,13-15H2,1-3H3,(H,27,28,29). The van der Waals surface area contributed by atoms with Gasteiger partial charge in [-0.2, -0.15) is 9.97 Å². The zero-order valence-corrected chi connectivity index (χ0v) is 21.1. The average molecular weight is 499 g/mol. The molecule has 4 rings (SSSR count). The molecule has 0 saturated carbocycles. The Morgan fingerprint density at radius 3 is 2.72 bits per heavy atom. The summed E-state index contributed by atoms with van der Waals surface area (Å²) in [4.78, 5) is 41.9. The minimum absolute atomic E-state index is 0.178. The second-order valence-corrected chi connectivity index (χ2v) is 8.93. The zero-order chi connectivity index (χ0) is 25.5. The Balaban J connectivity index is 1.73. The van der Waals surface area contributed by atoms with Crippen molar-refractivity contribution in [3.05, 3.63) is 34.4 Å². The summed E-state index contributed by atoms with van der Waals surface area (Å²) in [6.45, 7) is 2.54. The first-order chi connectivity index (χ1) is 17.6. The van der Waals surface area contributed by atoms with Gasteiger partial charge in [-0.25, -0.2) is 5.48 Å². The van der Waals surface area contributed by atoms with Gasteiger partial charge in [-0.3, -0.25) is 24.2 Å². The van der Waals surface area contributed by atoms with E-state index in [0.29, 0.717) is 37.0 Å². The van der Waals surface area contributed by atoms with E-state index in [1.807, 2.05) is 0 Å². The first-order valence-corrected chi connectivity index (χ1v) is 12.2. The summed E-state index contributed by atoms with van der Waals surface area (Å²) in [6.07, 6.45) is 5.51. The summed E-state index contributed by atoms with van der Waals surface area (Å²) in [5.74, 6) is 0.530. The van der Waals surface area contributed by atoms with Gasteiger partial charge in [-0.05, 0) is 54.4 Å². The molecule has 0 atom stereocenters. The Hall–Kier alpha value is -3.44. The lowest BCUT2D eigenvalue weighted by molar-refractivity contribution is -0.142. The van der Waals surface area contributed by atoms with Gasteiger partial charge in [0.2, 0.25) is 6.41 Å². The third-order valence-electron chi connectivity index (χ3n) is 6.54. The highest BCUT2D eigenvalue weighted by Gasteiger charge is 2.24. The molecular weight excluding hydrogens is 464 g/mol. The SMILES string of the molecule is CNc1c(NOC)nc2nc1N(C=O)Cc1cc(c3c(c1)CN(CC(=O)OC)CC3)CCCCCO2. The summed E-state index contributed by atoms with van der Waals surface area (Å²) in [5.41, 5.74) is 8.12. The lowest BCUT2D eigenvalue weighted by Gasteiger charge is -2.30. The minimum atomic E-state index is -0.238. The van der Waals surface area contributed by atoms with Gasteiger partial charge < -0.3 is 14.8 Å². The lowest BCUT2D eigenvalue weighted by atomic mass is 9.89. The number of fused-ring (bicyclic) bond motifs is 6. The van der Waals surface area contributed by atoms with Crippen molar-refractivity contribution in [3.8, 4) is 6.01 Å². The van der Waals surface area contributed by atoms with E-state index >= 15 is 0 Å². The number of hydrogen-bond donors (Lipinski definition) is 2. The van der Waals surface area contributed by atoms with Gasteiger partial charge in [0.1, 0.15) is 5.69 Å². The van der Waals surface area contributed by atoms with Crippen LogP contribution in [0.3, 0.4) is 0 Å². The molecule has 4 bridgehead atoms. The number of aromatic nitrogens is 2. The monoisotopic (exact) mass is 498 g/mol. The maximum atomic E-state index is 12.3. The van der Waals surface area contributed by atoms with E-state index in [2.05, 4.69) is 37.8 Å². The fraction of sp³-hybridized carbons (Fsp3) is 0.520. The van der Waals surface area contributed by atoms with E-state index in [9.17, 15) is 9.59 Å². The first kappa shape index (κ1) is 25.6. The van der Waals surface area contributed by atoms with E-state index < -0.39 is 0 Å². The van der Waals surface area contributed by atoms with Gasteiger partial charge in [0, 0.05) is 20.1 Å². The van der Waals surface area contributed by atoms with Crippen LogP contribution in [0.15, 0.2) is 12.1 Å². The third-order valence-corrected chi connectivity index (χ3v) is 6.54. The number of amides is 1. The predicted octanol–water partition coefficient (Wildman–Crippen LogP) is 2.29. The second kappa shape index (κ2) is 12.0. The molecule has 1 aromatic heterocycles. The molecule has 0 saturated heterocycles. The highest BCUT2D eigenvalue weighted by molar-refractivity contribution is 5.86. The smallest absolute Gasteiger partial charge is 0.320 e. The Morgan fingerprint density at radius 2 is 1.97 bits per heavy atom. The maximum Gasteiger partial charge on any atom is 0.320 e. The predicted molar refractivity (Wildman–Crippen MR) is 135 cm³/mol. The van der Waals surface area contributed by atoms with Crippen molar-refractivity contribution in [2.75, 3.05) is 56.7 Å². The van der Waals surface area contributed by atoms with Crippen molar-refractivity contribution in [1.29, 1.82) is 0 Å². The Labute approximate surface area is 211 Å². The van der Waals surface area contributed by atoms with Crippen LogP contribution in [0, 0.1) is 0 Å². The number of hydrogen-bond acceptors (Lipinski definition) is 10. The van der Waals surface area contributed by atoms with Gasteiger partial charge in [0.15, 0.2) is 11.6 Å². The quantitative estimate of drug-likeness (QED) is 0.349. The highest BCUT2D eigenvalue weighted by Crippen LogP contribution is 2.34. The molecule has 11 nitrogen and oxygen atoms in total. The number of esters is 1. The molecule has 2 aliphatic rings. The molecular formula is C25H34N6O5. The maximum absolute atomic E-state index is 12.3. The highest BCUT2D eigenvalue weighted by atomic mass is 16.6. The number of anilines is 3. The topological polar surface area (TPSA) is 118 Å². The molecule has 11 heteroatoms. The molecule has 0 radical (unpaired) electrons. The van der Waals surface area contributed by atoms with Crippen LogP contribution in [0.2, 0.25) is 0 Å². The lowest BCUT2D eigenvalue weighted by Crippen LogP contribution is -2.36. The van der Waals surface area contributed by atoms with Crippen molar-refractivity contribution in [1.82, 2.24) is 14.9 Å². The van der Waals surface area contributed by atoms with Crippen molar-refractivity contribution >= 4 is 29.7 Å². The van der Waals surface area contributed by atoms with Crippen LogP contribution in [-0.2, 0) is 45.1 Å². The molecule has 194 valence electrons. The van der Waals surface area contributed by atoms with E-state index in [1.165, 1.54) is 35.8 Å². The zero-order valence-electron chi connectivity index (χ0n) is 21.1. The van der Waals surface area contributed by atoms with Crippen molar-refractivity contribution in [2.24, 2.45) is 0 Å². The number of methoxy groups -OCH3 is 1. The van der Waals surface area contributed by atoms with Crippen LogP contribution in [0.1, 0.15) is 41.5 Å². The number of benzene rings is 1. The van der Waals surface area contributed by atoms with Crippen molar-refractivity contribution in [2.45, 2.75) is 45.2 Å². The average Bonchev–Trinajstić information content (AvgIpc) is 2.88. The molecule has 1 aromatic carbocycles. The molecule has 3 heterocycles. The molecule has 0 spiro atoms. The van der Waals surface area contributed by atoms with Crippen molar-refractivity contribution in [3.63, 3.8) is 0 Å². The molecule has 0 aliphatic carbocycles. The molecule has 36 heavy (non-hydrogen) atoms. The van der Waals surface area contributed by atoms with Gasteiger partial charge in [-0.15, -0.1) is 0 Å². The number of carbonyl (C=O) groups is 2. The van der Waals surface area contributed by atoms with E-state index in [0.717, 1.165) is 50.6 Å². The number of nitrogens with zero attached hydrogens (tertiary/aromatic N) is 4. The van der Waals surface area contributed by atoms with Gasteiger partial charge >= 0.3 is 12.0 Å². The molecule has 1 amide bonds. The van der Waals surface area contributed by atoms with Crippen LogP contribution in [0.25, 0.3) is 0 Å². The molecule has 2 aliphatic heterocycles. The summed E-state index contributed by atoms with van der Waals surface area (Å²) < 4.78 is 10.7. The number of ether oxygens (including phenoxy) is 2.